The first-order chi connectivity index (χ1) is 15.5. The number of fused-ring (bicyclic) bond motifs is 1. The van der Waals surface area contributed by atoms with Crippen molar-refractivity contribution in [1.29, 1.82) is 0 Å². The number of nitrogens with zero attached hydrogens (tertiary/aromatic N) is 1. The van der Waals surface area contributed by atoms with Crippen LogP contribution in [0.4, 0.5) is 4.79 Å². The van der Waals surface area contributed by atoms with Gasteiger partial charge >= 0.3 is 6.09 Å². The summed E-state index contributed by atoms with van der Waals surface area (Å²) in [5.74, 6) is -0.253. The van der Waals surface area contributed by atoms with Crippen LogP contribution in [0.25, 0.3) is 0 Å². The van der Waals surface area contributed by atoms with Crippen LogP contribution in [0, 0.1) is 5.92 Å². The second-order valence-corrected chi connectivity index (χ2v) is 9.99. The van der Waals surface area contributed by atoms with Crippen LogP contribution in [0.5, 0.6) is 0 Å². The number of carbonyl (C=O) groups is 2. The summed E-state index contributed by atoms with van der Waals surface area (Å²) in [6.45, 7) is 5.92. The van der Waals surface area contributed by atoms with E-state index in [1.165, 1.54) is 0 Å². The van der Waals surface area contributed by atoms with Crippen molar-refractivity contribution >= 4 is 12.0 Å². The summed E-state index contributed by atoms with van der Waals surface area (Å²) in [7, 11) is 0. The van der Waals surface area contributed by atoms with Gasteiger partial charge in [-0.2, -0.15) is 0 Å². The van der Waals surface area contributed by atoms with Gasteiger partial charge in [-0.15, -0.1) is 0 Å². The number of allylic oxidation sites excluding steroid dienone is 1. The fourth-order valence-electron chi connectivity index (χ4n) is 4.95. The number of primary amides is 2. The molecule has 0 spiro atoms. The Bertz CT molecular complexity index is 851. The average molecular weight is 460 g/mol. The van der Waals surface area contributed by atoms with Crippen molar-refractivity contribution in [3.05, 3.63) is 47.5 Å². The summed E-state index contributed by atoms with van der Waals surface area (Å²) < 4.78 is 11.6. The monoisotopic (exact) mass is 459 g/mol. The number of β-amino-alcohol motifs (C(OH)–C–C–N with tert-alkyl or cyclic N) is 1. The van der Waals surface area contributed by atoms with Gasteiger partial charge in [0.25, 0.3) is 0 Å². The molecule has 3 rings (SSSR count). The molecule has 1 fully saturated rings. The molecule has 1 aliphatic carbocycles. The number of aliphatic hydroxyl groups excluding tert-OH is 1. The maximum absolute atomic E-state index is 12.6. The molecule has 3 unspecified atom stereocenters. The number of rotatable bonds is 8. The Morgan fingerprint density at radius 3 is 2.52 bits per heavy atom. The Morgan fingerprint density at radius 1 is 1.21 bits per heavy atom. The van der Waals surface area contributed by atoms with Crippen LogP contribution in [0.3, 0.4) is 0 Å². The van der Waals surface area contributed by atoms with Crippen molar-refractivity contribution in [3.8, 4) is 0 Å². The second kappa shape index (κ2) is 10.7. The fourth-order valence-corrected chi connectivity index (χ4v) is 4.95. The predicted octanol–water partition coefficient (Wildman–Crippen LogP) is 2.48. The summed E-state index contributed by atoms with van der Waals surface area (Å²) in [5, 5.41) is 11.2. The third kappa shape index (κ3) is 6.79. The lowest BCUT2D eigenvalue weighted by atomic mass is 9.77. The number of aliphatic hydroxyl groups is 1. The van der Waals surface area contributed by atoms with E-state index in [1.807, 2.05) is 56.0 Å². The molecule has 0 bridgehead atoms. The van der Waals surface area contributed by atoms with Crippen molar-refractivity contribution in [2.75, 3.05) is 6.54 Å². The highest BCUT2D eigenvalue weighted by Gasteiger charge is 2.45. The minimum absolute atomic E-state index is 0.0448. The second-order valence-electron chi connectivity index (χ2n) is 9.99. The molecular weight excluding hydrogens is 422 g/mol. The highest BCUT2D eigenvalue weighted by molar-refractivity contribution is 5.83. The van der Waals surface area contributed by atoms with Gasteiger partial charge in [-0.25, -0.2) is 4.79 Å². The topological polar surface area (TPSA) is 128 Å². The molecule has 0 saturated carbocycles. The maximum atomic E-state index is 12.6. The molecule has 5 N–H and O–H groups in total. The Morgan fingerprint density at radius 2 is 1.91 bits per heavy atom. The number of carbonyl (C=O) groups excluding carboxylic acids is 2. The van der Waals surface area contributed by atoms with Gasteiger partial charge in [-0.1, -0.05) is 36.4 Å². The molecule has 0 aromatic heterocycles. The van der Waals surface area contributed by atoms with Crippen LogP contribution >= 0.6 is 0 Å². The van der Waals surface area contributed by atoms with Gasteiger partial charge in [0.2, 0.25) is 5.91 Å². The zero-order valence-electron chi connectivity index (χ0n) is 19.8. The summed E-state index contributed by atoms with van der Waals surface area (Å²) in [4.78, 5) is 26.1. The lowest BCUT2D eigenvalue weighted by Crippen LogP contribution is -2.61. The minimum atomic E-state index is -1.11. The predicted molar refractivity (Wildman–Crippen MR) is 125 cm³/mol. The Balaban J connectivity index is 1.89. The minimum Gasteiger partial charge on any atom is -0.443 e. The van der Waals surface area contributed by atoms with E-state index in [0.29, 0.717) is 6.42 Å². The molecule has 1 heterocycles. The molecule has 8 nitrogen and oxygen atoms in total. The summed E-state index contributed by atoms with van der Waals surface area (Å²) in [6, 6.07) is 8.73. The van der Waals surface area contributed by atoms with Crippen LogP contribution in [0.2, 0.25) is 0 Å². The first kappa shape index (κ1) is 25.2. The molecule has 0 radical (unpaired) electrons. The lowest BCUT2D eigenvalue weighted by Gasteiger charge is -2.49. The van der Waals surface area contributed by atoms with E-state index in [1.54, 1.807) is 0 Å². The van der Waals surface area contributed by atoms with Crippen LogP contribution in [-0.4, -0.2) is 58.6 Å². The first-order valence-electron chi connectivity index (χ1n) is 11.7. The Hall–Kier alpha value is -2.42. The van der Waals surface area contributed by atoms with Gasteiger partial charge in [0.1, 0.15) is 24.5 Å². The highest BCUT2D eigenvalue weighted by Crippen LogP contribution is 2.40. The van der Waals surface area contributed by atoms with E-state index in [2.05, 4.69) is 6.08 Å². The summed E-state index contributed by atoms with van der Waals surface area (Å²) in [6.07, 6.45) is 2.69. The molecule has 1 aliphatic heterocycles. The average Bonchev–Trinajstić information content (AvgIpc) is 2.72. The highest BCUT2D eigenvalue weighted by atomic mass is 16.6. The van der Waals surface area contributed by atoms with Gasteiger partial charge in [-0.05, 0) is 63.5 Å². The largest absolute Gasteiger partial charge is 0.443 e. The van der Waals surface area contributed by atoms with Crippen molar-refractivity contribution in [2.24, 2.45) is 17.4 Å². The molecule has 1 aromatic rings. The Labute approximate surface area is 195 Å². The fraction of sp³-hybridized carbons (Fsp3) is 0.600. The van der Waals surface area contributed by atoms with Gasteiger partial charge in [0.05, 0.1) is 5.60 Å². The van der Waals surface area contributed by atoms with Gasteiger partial charge < -0.3 is 26.0 Å². The van der Waals surface area contributed by atoms with Crippen LogP contribution in [-0.2, 0) is 20.7 Å². The molecule has 1 aromatic carbocycles. The van der Waals surface area contributed by atoms with Crippen LogP contribution in [0.1, 0.15) is 52.0 Å². The molecule has 5 atom stereocenters. The number of benzene rings is 1. The van der Waals surface area contributed by atoms with Gasteiger partial charge in [0.15, 0.2) is 0 Å². The number of piperidine rings is 1. The quantitative estimate of drug-likeness (QED) is 0.513. The zero-order valence-corrected chi connectivity index (χ0v) is 19.8. The smallest absolute Gasteiger partial charge is 0.404 e. The van der Waals surface area contributed by atoms with Crippen LogP contribution < -0.4 is 11.5 Å². The van der Waals surface area contributed by atoms with E-state index < -0.39 is 42.1 Å². The van der Waals surface area contributed by atoms with Crippen LogP contribution in [0.15, 0.2) is 42.0 Å². The van der Waals surface area contributed by atoms with Gasteiger partial charge in [-0.3, -0.25) is 9.69 Å². The van der Waals surface area contributed by atoms with E-state index in [4.69, 9.17) is 20.9 Å². The molecule has 2 aliphatic rings. The summed E-state index contributed by atoms with van der Waals surface area (Å²) in [5.41, 5.74) is 12.6. The first-order valence-corrected chi connectivity index (χ1v) is 11.7. The number of likely N-dealkylation sites (tertiary alicyclic amines) is 1. The molecule has 182 valence electrons. The van der Waals surface area contributed by atoms with Crippen molar-refractivity contribution in [2.45, 2.75) is 83.0 Å². The third-order valence-electron chi connectivity index (χ3n) is 6.24. The van der Waals surface area contributed by atoms with E-state index in [9.17, 15) is 14.7 Å². The number of nitrogens with two attached hydrogens (primary N) is 2. The number of amides is 2. The standard InChI is InChI=1S/C25H37N3O5/c1-25(2,3)33-21-14-17-11-7-8-12-18(17)22(23(26)30)28(21)15-19(29)20(32-24(27)31)13-16-9-5-4-6-10-16/h4-6,9-10,12,17,19-22,29H,7-8,11,13-15H2,1-3H3,(H2,26,30)(H2,27,31)/t17-,19?,20?,21-,22?/m0/s1. The molecule has 33 heavy (non-hydrogen) atoms. The normalized spacial score (nSPS) is 25.5. The maximum Gasteiger partial charge on any atom is 0.404 e. The number of hydrogen-bond acceptors (Lipinski definition) is 6. The SMILES string of the molecule is CC(C)(C)O[C@H]1C[C@@H]2CCCC=C2C(C(N)=O)N1CC(O)C(Cc1ccccc1)OC(N)=O. The van der Waals surface area contributed by atoms with Crippen molar-refractivity contribution < 1.29 is 24.2 Å². The van der Waals surface area contributed by atoms with Gasteiger partial charge in [0, 0.05) is 13.0 Å². The Kier molecular flexibility index (Phi) is 8.15. The molecule has 1 saturated heterocycles. The summed E-state index contributed by atoms with van der Waals surface area (Å²) >= 11 is 0. The van der Waals surface area contributed by atoms with Crippen molar-refractivity contribution in [3.63, 3.8) is 0 Å². The number of hydrogen-bond donors (Lipinski definition) is 3. The van der Waals surface area contributed by atoms with E-state index in [0.717, 1.165) is 30.4 Å². The zero-order chi connectivity index (χ0) is 24.2. The van der Waals surface area contributed by atoms with E-state index in [-0.39, 0.29) is 18.9 Å². The lowest BCUT2D eigenvalue weighted by molar-refractivity contribution is -0.175. The molecule has 2 amide bonds. The third-order valence-corrected chi connectivity index (χ3v) is 6.24. The van der Waals surface area contributed by atoms with E-state index >= 15 is 0 Å². The molecular formula is C25H37N3O5. The van der Waals surface area contributed by atoms with Crippen molar-refractivity contribution in [1.82, 2.24) is 4.90 Å². The number of ether oxygens (including phenoxy) is 2. The molecule has 8 heteroatoms.